The molecule has 2 atom stereocenters. The number of hydrogen-bond acceptors (Lipinski definition) is 12. The number of dihydropyridines is 2. The van der Waals surface area contributed by atoms with Gasteiger partial charge >= 0.3 is 0 Å². The van der Waals surface area contributed by atoms with Gasteiger partial charge in [0, 0.05) is 40.8 Å². The van der Waals surface area contributed by atoms with Crippen LogP contribution in [0.5, 0.6) is 0 Å². The zero-order chi connectivity index (χ0) is 58.4. The summed E-state index contributed by atoms with van der Waals surface area (Å²) in [7, 11) is 0. The lowest BCUT2D eigenvalue weighted by Gasteiger charge is -2.26. The van der Waals surface area contributed by atoms with E-state index in [1.54, 1.807) is 6.08 Å². The number of nitrogens with zero attached hydrogens (tertiary/aromatic N) is 11. The van der Waals surface area contributed by atoms with Crippen molar-refractivity contribution in [1.29, 1.82) is 5.41 Å². The van der Waals surface area contributed by atoms with E-state index in [-0.39, 0.29) is 17.8 Å². The Labute approximate surface area is 471 Å². The number of anilines is 2. The molecule has 0 amide bonds. The Hall–Kier alpha value is -7.92. The second kappa shape index (κ2) is 21.3. The molecule has 0 bridgehead atoms. The van der Waals surface area contributed by atoms with Crippen molar-refractivity contribution >= 4 is 62.3 Å². The van der Waals surface area contributed by atoms with Gasteiger partial charge in [-0.25, -0.2) is 28.0 Å². The summed E-state index contributed by atoms with van der Waals surface area (Å²) >= 11 is 0. The Morgan fingerprint density at radius 3 is 1.34 bits per heavy atom. The molecule has 2 aliphatic rings. The first-order valence-electron chi connectivity index (χ1n) is 28.3. The molecule has 420 valence electrons. The van der Waals surface area contributed by atoms with Crippen molar-refractivity contribution in [2.75, 3.05) is 10.6 Å². The summed E-state index contributed by atoms with van der Waals surface area (Å²) in [5, 5.41) is 35.6. The van der Waals surface area contributed by atoms with Gasteiger partial charge in [0.05, 0.1) is 79.4 Å². The lowest BCUT2D eigenvalue weighted by atomic mass is 9.93. The van der Waals surface area contributed by atoms with Gasteiger partial charge in [0.2, 0.25) is 0 Å². The molecule has 8 aromatic rings. The van der Waals surface area contributed by atoms with E-state index in [1.807, 2.05) is 15.1 Å². The van der Waals surface area contributed by atoms with Gasteiger partial charge in [0.1, 0.15) is 11.5 Å². The van der Waals surface area contributed by atoms with Crippen molar-refractivity contribution in [1.82, 2.24) is 38.5 Å². The number of aliphatic imine (C=N–C) groups is 3. The van der Waals surface area contributed by atoms with E-state index in [4.69, 9.17) is 58.0 Å². The molecule has 0 fully saturated rings. The van der Waals surface area contributed by atoms with Crippen LogP contribution in [0.15, 0.2) is 38.5 Å². The highest BCUT2D eigenvalue weighted by Gasteiger charge is 2.30. The summed E-state index contributed by atoms with van der Waals surface area (Å²) in [6.45, 7) is 42.7. The van der Waals surface area contributed by atoms with E-state index in [9.17, 15) is 0 Å². The van der Waals surface area contributed by atoms with Gasteiger partial charge in [-0.05, 0) is 215 Å². The average Bonchev–Trinajstić information content (AvgIpc) is 4.23. The largest absolute Gasteiger partial charge is 0.396 e. The van der Waals surface area contributed by atoms with Crippen LogP contribution in [0, 0.1) is 116 Å². The first kappa shape index (κ1) is 56.8. The van der Waals surface area contributed by atoms with Crippen molar-refractivity contribution in [3.63, 3.8) is 0 Å². The second-order valence-electron chi connectivity index (χ2n) is 22.3. The van der Waals surface area contributed by atoms with Crippen LogP contribution >= 0.6 is 0 Å². The van der Waals surface area contributed by atoms with Gasteiger partial charge in [-0.15, -0.1) is 0 Å². The van der Waals surface area contributed by atoms with Crippen LogP contribution in [-0.4, -0.2) is 73.8 Å². The van der Waals surface area contributed by atoms with Crippen LogP contribution in [0.25, 0.3) is 22.1 Å². The highest BCUT2D eigenvalue weighted by Crippen LogP contribution is 2.37. The molecule has 0 spiro atoms. The van der Waals surface area contributed by atoms with Gasteiger partial charge in [-0.3, -0.25) is 10.4 Å². The van der Waals surface area contributed by atoms with Crippen LogP contribution in [0.2, 0.25) is 0 Å². The lowest BCUT2D eigenvalue weighted by molar-refractivity contribution is 0.589. The van der Waals surface area contributed by atoms with Gasteiger partial charge < -0.3 is 27.8 Å². The van der Waals surface area contributed by atoms with E-state index in [0.29, 0.717) is 35.3 Å². The summed E-state index contributed by atoms with van der Waals surface area (Å²) < 4.78 is 8.18. The van der Waals surface area contributed by atoms with Crippen molar-refractivity contribution < 1.29 is 0 Å². The molecular formula is C63H83N17. The number of pyridine rings is 4. The summed E-state index contributed by atoms with van der Waals surface area (Å²) in [4.78, 5) is 15.0. The molecule has 0 radical (unpaired) electrons. The number of hydrogen-bond donors (Lipinski definition) is 6. The lowest BCUT2D eigenvalue weighted by Crippen LogP contribution is -2.41. The van der Waals surface area contributed by atoms with Crippen LogP contribution in [0.3, 0.4) is 0 Å². The average molecular weight is 1080 g/mol. The highest BCUT2D eigenvalue weighted by atomic mass is 15.3. The van der Waals surface area contributed by atoms with Gasteiger partial charge in [-0.1, -0.05) is 27.7 Å². The first-order valence-corrected chi connectivity index (χ1v) is 28.3. The molecule has 8 aromatic heterocycles. The fourth-order valence-electron chi connectivity index (χ4n) is 11.7. The van der Waals surface area contributed by atoms with Gasteiger partial charge in [-0.2, -0.15) is 20.4 Å². The van der Waals surface area contributed by atoms with Crippen molar-refractivity contribution in [3.8, 4) is 0 Å². The molecule has 17 nitrogen and oxygen atoms in total. The molecule has 10 heterocycles. The summed E-state index contributed by atoms with van der Waals surface area (Å²) in [6, 6.07) is -0.463. The smallest absolute Gasteiger partial charge is 0.178 e. The predicted molar refractivity (Wildman–Crippen MR) is 331 cm³/mol. The zero-order valence-corrected chi connectivity index (χ0v) is 51.0. The molecule has 0 aromatic carbocycles. The number of rotatable bonds is 9. The minimum Gasteiger partial charge on any atom is -0.396 e. The van der Waals surface area contributed by atoms with E-state index < -0.39 is 0 Å². The molecule has 0 aliphatic carbocycles. The second-order valence-corrected chi connectivity index (χ2v) is 22.3. The van der Waals surface area contributed by atoms with Gasteiger partial charge in [0.25, 0.3) is 0 Å². The molecule has 2 aliphatic heterocycles. The van der Waals surface area contributed by atoms with Crippen LogP contribution in [0.4, 0.5) is 17.1 Å². The van der Waals surface area contributed by atoms with Crippen LogP contribution < -0.4 is 27.8 Å². The Bertz CT molecular complexity index is 4100. The third-order valence-electron chi connectivity index (χ3n) is 18.1. The maximum atomic E-state index is 8.70. The standard InChI is InChI=1S/C32H44N8.C31H39N9/c1-11-26-23(30-19(7)15(3)17(5)21(9)39(30)37-26)13-28-24(33)14-25(34)32(35-28)36-29-27(12-2)38-40-22(10)18(6)16(4)20(8)31(29)40;1-11-24-26(28-18(7)14(3)16(5)20(9)39(28)37-24)34-30-22(32)13-23(33)31(36-30)35-27-25(12-2)38-40-21(10)17(6)15(4)19(8)29(27)40/h14,24,28H,11-13,33-34H2,1-10H3,(H,35,36);13,32H,11-12,33H2,1-10H3,(H,34,35,36). The van der Waals surface area contributed by atoms with E-state index in [0.717, 1.165) is 110 Å². The molecular weight excluding hydrogens is 995 g/mol. The van der Waals surface area contributed by atoms with Crippen LogP contribution in [-0.2, 0) is 32.1 Å². The van der Waals surface area contributed by atoms with E-state index >= 15 is 0 Å². The molecule has 17 heteroatoms. The number of nitrogens with one attached hydrogen (secondary N) is 3. The molecule has 80 heavy (non-hydrogen) atoms. The molecule has 0 saturated carbocycles. The number of aromatic nitrogens is 8. The number of nitrogens with two attached hydrogens (primary N) is 3. The topological polar surface area (TPSA) is 232 Å². The third kappa shape index (κ3) is 9.06. The number of aryl methyl sites for hydroxylation is 12. The molecule has 9 N–H and O–H groups in total. The Morgan fingerprint density at radius 1 is 0.487 bits per heavy atom. The molecule has 2 unspecified atom stereocenters. The molecule has 10 rings (SSSR count). The fraction of sp³-hybridized carbons (Fsp3) is 0.429. The Kier molecular flexibility index (Phi) is 15.1. The summed E-state index contributed by atoms with van der Waals surface area (Å²) in [6.07, 6.45) is 7.35. The number of amidine groups is 3. The first-order chi connectivity index (χ1) is 37.8. The van der Waals surface area contributed by atoms with Crippen molar-refractivity contribution in [2.45, 2.75) is 183 Å². The van der Waals surface area contributed by atoms with Gasteiger partial charge in [0.15, 0.2) is 11.7 Å². The third-order valence-corrected chi connectivity index (χ3v) is 18.1. The quantitative estimate of drug-likeness (QED) is 0.0806. The maximum Gasteiger partial charge on any atom is 0.178 e. The summed E-state index contributed by atoms with van der Waals surface area (Å²) in [5.74, 6) is 1.41. The van der Waals surface area contributed by atoms with Crippen molar-refractivity contribution in [3.05, 3.63) is 141 Å². The normalized spacial score (nSPS) is 16.3. The van der Waals surface area contributed by atoms with Crippen molar-refractivity contribution in [2.24, 2.45) is 32.2 Å². The van der Waals surface area contributed by atoms with Crippen LogP contribution in [0.1, 0.15) is 146 Å². The fourth-order valence-corrected chi connectivity index (χ4v) is 11.7. The minimum atomic E-state index is -0.290. The highest BCUT2D eigenvalue weighted by molar-refractivity contribution is 6.52. The Balaban J connectivity index is 0.000000194. The predicted octanol–water partition coefficient (Wildman–Crippen LogP) is 11.2. The monoisotopic (exact) mass is 1080 g/mol. The van der Waals surface area contributed by atoms with E-state index in [2.05, 4.69) is 158 Å². The minimum absolute atomic E-state index is 0.173. The SMILES string of the molecule is CCc1nn2c(C)c(C)c(C)c(C)c2c1CC1N=C(Nc2c(CC)nn3c(C)c(C)c(C)c(C)c23)C(N)=CC1N.CCc1nn2c(C)c(C)c(C)c(C)c2c1N=C1N=C(Nc2c(CC)nn3c(C)c(C)c(C)c(C)c23)C(=N)C=C1N. The summed E-state index contributed by atoms with van der Waals surface area (Å²) in [5.41, 5.74) is 52.1. The Morgan fingerprint density at radius 2 is 0.875 bits per heavy atom. The molecule has 0 saturated heterocycles. The van der Waals surface area contributed by atoms with E-state index in [1.165, 1.54) is 72.4 Å². The maximum absolute atomic E-state index is 8.70. The zero-order valence-electron chi connectivity index (χ0n) is 51.0. The number of fused-ring (bicyclic) bond motifs is 4.